The fourth-order valence-electron chi connectivity index (χ4n) is 5.67. The third kappa shape index (κ3) is 4.31. The maximum absolute atomic E-state index is 12.3. The molecule has 10 heteroatoms. The molecule has 3 N–H and O–H groups in total. The monoisotopic (exact) mass is 516 g/mol. The standard InChI is InChI=1S/C14H11NO5.C14H13NO3/c16-8-3-1-2-6-10(8)13(19)11(12(6)18)7-4-5-9(17)15-14(7)20;16-8-5-6-11(12(17)7-8)13-9-3-1-2-4-10(9)14(18)15-13/h1-3,7,11,16H,4-5H2,(H,15,17,20);1-4,11,13H,5-7H2,(H,15,18). The Morgan fingerprint density at radius 2 is 1.47 bits per heavy atom. The second-order valence-electron chi connectivity index (χ2n) is 9.83. The number of phenols is 1. The van der Waals surface area contributed by atoms with Crippen molar-refractivity contribution in [1.82, 2.24) is 10.6 Å². The first-order valence-corrected chi connectivity index (χ1v) is 12.4. The Morgan fingerprint density at radius 3 is 2.18 bits per heavy atom. The molecular weight excluding hydrogens is 492 g/mol. The zero-order valence-corrected chi connectivity index (χ0v) is 20.2. The van der Waals surface area contributed by atoms with Gasteiger partial charge in [0.25, 0.3) is 5.91 Å². The van der Waals surface area contributed by atoms with Gasteiger partial charge in [-0.05, 0) is 30.5 Å². The SMILES string of the molecule is O=C1CCC(C2C(=O)c3cccc(O)c3C2=O)C(=O)N1.O=C1CCC(C2NC(=O)c3ccccc32)C(=O)C1. The summed E-state index contributed by atoms with van der Waals surface area (Å²) in [6, 6.07) is 11.3. The normalized spacial score (nSPS) is 26.3. The van der Waals surface area contributed by atoms with Crippen LogP contribution in [0.15, 0.2) is 42.5 Å². The summed E-state index contributed by atoms with van der Waals surface area (Å²) in [6.07, 6.45) is 1.26. The Bertz CT molecular complexity index is 1430. The highest BCUT2D eigenvalue weighted by atomic mass is 16.3. The molecule has 1 saturated heterocycles. The van der Waals surface area contributed by atoms with Crippen LogP contribution < -0.4 is 10.6 Å². The number of aromatic hydroxyl groups is 1. The predicted octanol–water partition coefficient (Wildman–Crippen LogP) is 1.85. The maximum atomic E-state index is 12.3. The van der Waals surface area contributed by atoms with Crippen molar-refractivity contribution in [2.45, 2.75) is 38.1 Å². The van der Waals surface area contributed by atoms with Crippen LogP contribution in [0.3, 0.4) is 0 Å². The summed E-state index contributed by atoms with van der Waals surface area (Å²) >= 11 is 0. The van der Waals surface area contributed by atoms with Gasteiger partial charge in [0.1, 0.15) is 17.3 Å². The third-order valence-corrected chi connectivity index (χ3v) is 7.55. The van der Waals surface area contributed by atoms with Gasteiger partial charge in [-0.15, -0.1) is 0 Å². The van der Waals surface area contributed by atoms with Crippen LogP contribution in [0.4, 0.5) is 0 Å². The van der Waals surface area contributed by atoms with Crippen molar-refractivity contribution in [1.29, 1.82) is 0 Å². The van der Waals surface area contributed by atoms with E-state index in [4.69, 9.17) is 0 Å². The van der Waals surface area contributed by atoms with Crippen molar-refractivity contribution in [3.8, 4) is 5.75 Å². The number of carbonyl (C=O) groups is 7. The number of rotatable bonds is 2. The van der Waals surface area contributed by atoms with E-state index in [0.29, 0.717) is 18.4 Å². The van der Waals surface area contributed by atoms with Crippen LogP contribution >= 0.6 is 0 Å². The number of imide groups is 1. The average Bonchev–Trinajstić information content (AvgIpc) is 3.34. The molecular formula is C28H24N2O8. The number of piperidine rings is 1. The molecule has 0 radical (unpaired) electrons. The molecule has 0 aromatic heterocycles. The molecule has 10 nitrogen and oxygen atoms in total. The van der Waals surface area contributed by atoms with Crippen molar-refractivity contribution in [3.63, 3.8) is 0 Å². The molecule has 2 fully saturated rings. The minimum Gasteiger partial charge on any atom is -0.507 e. The van der Waals surface area contributed by atoms with E-state index in [1.807, 2.05) is 18.2 Å². The van der Waals surface area contributed by atoms with Crippen LogP contribution in [0.5, 0.6) is 5.75 Å². The molecule has 4 unspecified atom stereocenters. The topological polar surface area (TPSA) is 164 Å². The lowest BCUT2D eigenvalue weighted by Gasteiger charge is -2.26. The molecule has 3 amide bonds. The van der Waals surface area contributed by atoms with Gasteiger partial charge in [-0.2, -0.15) is 0 Å². The Hall–Kier alpha value is -4.47. The van der Waals surface area contributed by atoms with Crippen molar-refractivity contribution < 1.29 is 38.7 Å². The van der Waals surface area contributed by atoms with Gasteiger partial charge in [-0.1, -0.05) is 30.3 Å². The molecule has 2 aromatic carbocycles. The number of hydrogen-bond acceptors (Lipinski definition) is 8. The first-order chi connectivity index (χ1) is 18.2. The summed E-state index contributed by atoms with van der Waals surface area (Å²) in [5.74, 6) is -4.66. The minimum atomic E-state index is -1.13. The molecule has 2 aliphatic heterocycles. The van der Waals surface area contributed by atoms with Crippen LogP contribution in [0.2, 0.25) is 0 Å². The Labute approximate surface area is 216 Å². The zero-order valence-electron chi connectivity index (χ0n) is 20.2. The van der Waals surface area contributed by atoms with E-state index in [-0.39, 0.29) is 65.6 Å². The lowest BCUT2D eigenvalue weighted by Crippen LogP contribution is -2.46. The van der Waals surface area contributed by atoms with E-state index < -0.39 is 35.2 Å². The highest BCUT2D eigenvalue weighted by Crippen LogP contribution is 2.39. The van der Waals surface area contributed by atoms with Crippen molar-refractivity contribution >= 4 is 40.9 Å². The number of fused-ring (bicyclic) bond motifs is 2. The number of Topliss-reactive ketones (excluding diaryl/α,β-unsaturated/α-hetero) is 4. The highest BCUT2D eigenvalue weighted by Gasteiger charge is 2.48. The largest absolute Gasteiger partial charge is 0.507 e. The Morgan fingerprint density at radius 1 is 0.763 bits per heavy atom. The molecule has 2 aliphatic carbocycles. The van der Waals surface area contributed by atoms with Crippen LogP contribution in [0, 0.1) is 17.8 Å². The van der Waals surface area contributed by atoms with Crippen LogP contribution in [-0.2, 0) is 19.2 Å². The molecule has 38 heavy (non-hydrogen) atoms. The summed E-state index contributed by atoms with van der Waals surface area (Å²) in [4.78, 5) is 82.5. The van der Waals surface area contributed by atoms with E-state index in [1.165, 1.54) is 18.2 Å². The average molecular weight is 517 g/mol. The number of carbonyl (C=O) groups excluding carboxylic acids is 7. The highest BCUT2D eigenvalue weighted by molar-refractivity contribution is 6.29. The molecule has 2 aromatic rings. The van der Waals surface area contributed by atoms with Gasteiger partial charge in [-0.3, -0.25) is 38.9 Å². The van der Waals surface area contributed by atoms with Crippen molar-refractivity contribution in [2.24, 2.45) is 17.8 Å². The smallest absolute Gasteiger partial charge is 0.252 e. The maximum Gasteiger partial charge on any atom is 0.252 e. The van der Waals surface area contributed by atoms with Gasteiger partial charge < -0.3 is 10.4 Å². The molecule has 4 aliphatic rings. The molecule has 6 rings (SSSR count). The van der Waals surface area contributed by atoms with E-state index in [2.05, 4.69) is 10.6 Å². The number of amides is 3. The fourth-order valence-corrected chi connectivity index (χ4v) is 5.67. The first-order valence-electron chi connectivity index (χ1n) is 12.4. The van der Waals surface area contributed by atoms with Gasteiger partial charge >= 0.3 is 0 Å². The number of benzene rings is 2. The minimum absolute atomic E-state index is 0.00820. The summed E-state index contributed by atoms with van der Waals surface area (Å²) < 4.78 is 0. The fraction of sp³-hybridized carbons (Fsp3) is 0.321. The van der Waals surface area contributed by atoms with Crippen molar-refractivity contribution in [2.75, 3.05) is 0 Å². The molecule has 0 spiro atoms. The van der Waals surface area contributed by atoms with Gasteiger partial charge in [0, 0.05) is 29.9 Å². The van der Waals surface area contributed by atoms with Gasteiger partial charge in [0.05, 0.1) is 29.9 Å². The summed E-state index contributed by atoms with van der Waals surface area (Å²) in [6.45, 7) is 0. The lowest BCUT2D eigenvalue weighted by molar-refractivity contribution is -0.137. The number of hydrogen-bond donors (Lipinski definition) is 3. The lowest BCUT2D eigenvalue weighted by atomic mass is 9.80. The van der Waals surface area contributed by atoms with Gasteiger partial charge in [0.15, 0.2) is 11.6 Å². The summed E-state index contributed by atoms with van der Waals surface area (Å²) in [7, 11) is 0. The third-order valence-electron chi connectivity index (χ3n) is 7.55. The van der Waals surface area contributed by atoms with Crippen LogP contribution in [0.25, 0.3) is 0 Å². The number of nitrogens with one attached hydrogen (secondary N) is 2. The van der Waals surface area contributed by atoms with E-state index >= 15 is 0 Å². The first kappa shape index (κ1) is 25.2. The van der Waals surface area contributed by atoms with Crippen molar-refractivity contribution in [3.05, 3.63) is 64.7 Å². The zero-order chi connectivity index (χ0) is 27.1. The Kier molecular flexibility index (Phi) is 6.48. The van der Waals surface area contributed by atoms with Gasteiger partial charge in [-0.25, -0.2) is 0 Å². The summed E-state index contributed by atoms with van der Waals surface area (Å²) in [5, 5.41) is 14.7. The number of ketones is 4. The molecule has 1 saturated carbocycles. The second-order valence-corrected chi connectivity index (χ2v) is 9.83. The molecule has 2 heterocycles. The van der Waals surface area contributed by atoms with Crippen LogP contribution in [0.1, 0.15) is 74.8 Å². The predicted molar refractivity (Wildman–Crippen MR) is 130 cm³/mol. The molecule has 0 bridgehead atoms. The second kappa shape index (κ2) is 9.77. The van der Waals surface area contributed by atoms with E-state index in [0.717, 1.165) is 5.56 Å². The molecule has 194 valence electrons. The Balaban J connectivity index is 0.000000156. The van der Waals surface area contributed by atoms with E-state index in [9.17, 15) is 38.7 Å². The molecule has 4 atom stereocenters. The van der Waals surface area contributed by atoms with E-state index in [1.54, 1.807) is 6.07 Å². The quantitative estimate of drug-likeness (QED) is 0.402. The van der Waals surface area contributed by atoms with Gasteiger partial charge in [0.2, 0.25) is 11.8 Å². The summed E-state index contributed by atoms with van der Waals surface area (Å²) in [5.41, 5.74) is 1.65. The number of phenolic OH excluding ortho intramolecular Hbond substituents is 1. The van der Waals surface area contributed by atoms with Crippen LogP contribution in [-0.4, -0.2) is 46.0 Å².